The Kier molecular flexibility index (Phi) is 4.90. The van der Waals surface area contributed by atoms with Gasteiger partial charge in [-0.05, 0) is 31.0 Å². The number of hydrogen-bond acceptors (Lipinski definition) is 3. The molecule has 0 bridgehead atoms. The number of hydrogen-bond donors (Lipinski definition) is 2. The van der Waals surface area contributed by atoms with Crippen molar-refractivity contribution in [2.24, 2.45) is 0 Å². The van der Waals surface area contributed by atoms with Crippen LogP contribution in [-0.2, 0) is 16.0 Å². The minimum atomic E-state index is -1.000. The van der Waals surface area contributed by atoms with E-state index in [1.807, 2.05) is 17.9 Å². The highest BCUT2D eigenvalue weighted by atomic mass is 19.1. The molecule has 0 aromatic heterocycles. The Morgan fingerprint density at radius 2 is 2.33 bits per heavy atom. The maximum atomic E-state index is 13.2. The highest BCUT2D eigenvalue weighted by Crippen LogP contribution is 2.17. The summed E-state index contributed by atoms with van der Waals surface area (Å²) in [5.74, 6) is -1.55. The number of benzene rings is 1. The van der Waals surface area contributed by atoms with Gasteiger partial charge in [0.05, 0.1) is 12.5 Å². The molecule has 0 radical (unpaired) electrons. The summed E-state index contributed by atoms with van der Waals surface area (Å²) in [5, 5.41) is 11.6. The highest BCUT2D eigenvalue weighted by Gasteiger charge is 2.34. The van der Waals surface area contributed by atoms with E-state index in [9.17, 15) is 14.0 Å². The van der Waals surface area contributed by atoms with Crippen LogP contribution in [0.3, 0.4) is 0 Å². The molecular weight excluding hydrogens is 275 g/mol. The molecule has 2 rings (SSSR count). The zero-order chi connectivity index (χ0) is 15.4. The number of carboxylic acids is 1. The quantitative estimate of drug-likeness (QED) is 0.851. The Balaban J connectivity index is 2.09. The first-order valence-electron chi connectivity index (χ1n) is 6.97. The van der Waals surface area contributed by atoms with Crippen LogP contribution in [0.1, 0.15) is 18.9 Å². The smallest absolute Gasteiger partial charge is 0.305 e. The molecule has 2 unspecified atom stereocenters. The third-order valence-electron chi connectivity index (χ3n) is 3.73. The van der Waals surface area contributed by atoms with E-state index in [1.54, 1.807) is 6.07 Å². The molecule has 0 saturated carbocycles. The lowest BCUT2D eigenvalue weighted by Crippen LogP contribution is -2.58. The van der Waals surface area contributed by atoms with Gasteiger partial charge < -0.3 is 10.4 Å². The molecule has 21 heavy (non-hydrogen) atoms. The molecule has 1 heterocycles. The Bertz CT molecular complexity index is 535. The molecule has 6 heteroatoms. The van der Waals surface area contributed by atoms with Gasteiger partial charge in [-0.15, -0.1) is 0 Å². The van der Waals surface area contributed by atoms with Gasteiger partial charge in [0.25, 0.3) is 0 Å². The van der Waals surface area contributed by atoms with Crippen LogP contribution >= 0.6 is 0 Å². The molecular formula is C15H19FN2O3. The average molecular weight is 294 g/mol. The van der Waals surface area contributed by atoms with Crippen molar-refractivity contribution in [2.45, 2.75) is 31.8 Å². The lowest BCUT2D eigenvalue weighted by Gasteiger charge is -2.38. The van der Waals surface area contributed by atoms with Gasteiger partial charge in [-0.3, -0.25) is 14.5 Å². The van der Waals surface area contributed by atoms with Crippen LogP contribution in [-0.4, -0.2) is 47.1 Å². The van der Waals surface area contributed by atoms with Gasteiger partial charge in [0, 0.05) is 19.1 Å². The summed E-state index contributed by atoms with van der Waals surface area (Å²) in [6.07, 6.45) is 0.348. The molecule has 1 amide bonds. The third-order valence-corrected chi connectivity index (χ3v) is 3.73. The van der Waals surface area contributed by atoms with Crippen LogP contribution in [0.2, 0.25) is 0 Å². The summed E-state index contributed by atoms with van der Waals surface area (Å²) in [5.41, 5.74) is 0.836. The molecule has 1 aromatic carbocycles. The molecule has 1 saturated heterocycles. The van der Waals surface area contributed by atoms with Gasteiger partial charge in [-0.2, -0.15) is 0 Å². The van der Waals surface area contributed by atoms with Crippen molar-refractivity contribution in [3.63, 3.8) is 0 Å². The Labute approximate surface area is 122 Å². The number of amides is 1. The van der Waals surface area contributed by atoms with E-state index >= 15 is 0 Å². The van der Waals surface area contributed by atoms with E-state index in [4.69, 9.17) is 5.11 Å². The SMILES string of the molecule is CC(Cc1cccc(F)c1)N1CCNC(=O)C1CC(=O)O. The summed E-state index contributed by atoms with van der Waals surface area (Å²) < 4.78 is 13.2. The second-order valence-corrected chi connectivity index (χ2v) is 5.33. The van der Waals surface area contributed by atoms with E-state index < -0.39 is 12.0 Å². The fourth-order valence-electron chi connectivity index (χ4n) is 2.76. The third kappa shape index (κ3) is 4.01. The monoisotopic (exact) mass is 294 g/mol. The molecule has 0 spiro atoms. The van der Waals surface area contributed by atoms with Crippen LogP contribution in [0.5, 0.6) is 0 Å². The van der Waals surface area contributed by atoms with Crippen LogP contribution < -0.4 is 5.32 Å². The van der Waals surface area contributed by atoms with Crippen molar-refractivity contribution < 1.29 is 19.1 Å². The lowest BCUT2D eigenvalue weighted by molar-refractivity contribution is -0.143. The molecule has 1 aliphatic heterocycles. The largest absolute Gasteiger partial charge is 0.481 e. The number of aliphatic carboxylic acids is 1. The Morgan fingerprint density at radius 3 is 3.00 bits per heavy atom. The van der Waals surface area contributed by atoms with Gasteiger partial charge in [-0.25, -0.2) is 4.39 Å². The van der Waals surface area contributed by atoms with Crippen molar-refractivity contribution in [3.05, 3.63) is 35.6 Å². The number of carbonyl (C=O) groups is 2. The van der Waals surface area contributed by atoms with Gasteiger partial charge in [0.1, 0.15) is 5.82 Å². The maximum absolute atomic E-state index is 13.2. The zero-order valence-corrected chi connectivity index (χ0v) is 11.9. The summed E-state index contributed by atoms with van der Waals surface area (Å²) in [6.45, 7) is 3.03. The van der Waals surface area contributed by atoms with E-state index in [0.29, 0.717) is 19.5 Å². The minimum absolute atomic E-state index is 0.0396. The number of halogens is 1. The first-order chi connectivity index (χ1) is 9.97. The molecule has 2 atom stereocenters. The zero-order valence-electron chi connectivity index (χ0n) is 11.9. The maximum Gasteiger partial charge on any atom is 0.305 e. The normalized spacial score (nSPS) is 20.9. The number of piperazine rings is 1. The van der Waals surface area contributed by atoms with E-state index in [0.717, 1.165) is 5.56 Å². The first kappa shape index (κ1) is 15.4. The predicted molar refractivity (Wildman–Crippen MR) is 75.3 cm³/mol. The molecule has 114 valence electrons. The van der Waals surface area contributed by atoms with E-state index in [1.165, 1.54) is 12.1 Å². The average Bonchev–Trinajstić information content (AvgIpc) is 2.40. The molecule has 0 aliphatic carbocycles. The summed E-state index contributed by atoms with van der Waals surface area (Å²) in [6, 6.07) is 5.62. The van der Waals surface area contributed by atoms with Crippen LogP contribution in [0.4, 0.5) is 4.39 Å². The second-order valence-electron chi connectivity index (χ2n) is 5.33. The Morgan fingerprint density at radius 1 is 1.57 bits per heavy atom. The van der Waals surface area contributed by atoms with Crippen molar-refractivity contribution in [2.75, 3.05) is 13.1 Å². The van der Waals surface area contributed by atoms with Crippen molar-refractivity contribution in [1.29, 1.82) is 0 Å². The molecule has 5 nitrogen and oxygen atoms in total. The fraction of sp³-hybridized carbons (Fsp3) is 0.467. The van der Waals surface area contributed by atoms with Crippen molar-refractivity contribution in [1.82, 2.24) is 10.2 Å². The number of nitrogens with one attached hydrogen (secondary N) is 1. The minimum Gasteiger partial charge on any atom is -0.481 e. The van der Waals surface area contributed by atoms with Crippen LogP contribution in [0.25, 0.3) is 0 Å². The lowest BCUT2D eigenvalue weighted by atomic mass is 10.0. The number of nitrogens with zero attached hydrogens (tertiary/aromatic N) is 1. The van der Waals surface area contributed by atoms with Crippen LogP contribution in [0, 0.1) is 5.82 Å². The highest BCUT2D eigenvalue weighted by molar-refractivity contribution is 5.86. The topological polar surface area (TPSA) is 69.6 Å². The van der Waals surface area contributed by atoms with Gasteiger partial charge in [0.2, 0.25) is 5.91 Å². The summed E-state index contributed by atoms with van der Waals surface area (Å²) in [4.78, 5) is 24.7. The van der Waals surface area contributed by atoms with Crippen LogP contribution in [0.15, 0.2) is 24.3 Å². The molecule has 1 fully saturated rings. The van der Waals surface area contributed by atoms with Crippen molar-refractivity contribution in [3.8, 4) is 0 Å². The number of carboxylic acid groups (broad SMARTS) is 1. The predicted octanol–water partition coefficient (Wildman–Crippen LogP) is 1.03. The summed E-state index contributed by atoms with van der Waals surface area (Å²) >= 11 is 0. The van der Waals surface area contributed by atoms with Gasteiger partial charge in [0.15, 0.2) is 0 Å². The van der Waals surface area contributed by atoms with Crippen molar-refractivity contribution >= 4 is 11.9 Å². The Hall–Kier alpha value is -1.95. The summed E-state index contributed by atoms with van der Waals surface area (Å²) in [7, 11) is 0. The number of carbonyl (C=O) groups excluding carboxylic acids is 1. The second kappa shape index (κ2) is 6.67. The first-order valence-corrected chi connectivity index (χ1v) is 6.97. The molecule has 1 aromatic rings. The molecule has 2 N–H and O–H groups in total. The standard InChI is InChI=1S/C15H19FN2O3/c1-10(7-11-3-2-4-12(16)8-11)18-6-5-17-15(21)13(18)9-14(19)20/h2-4,8,10,13H,5-7,9H2,1H3,(H,17,21)(H,19,20). The van der Waals surface area contributed by atoms with Gasteiger partial charge >= 0.3 is 5.97 Å². The van der Waals surface area contributed by atoms with E-state index in [-0.39, 0.29) is 24.2 Å². The van der Waals surface area contributed by atoms with Gasteiger partial charge in [-0.1, -0.05) is 12.1 Å². The van der Waals surface area contributed by atoms with E-state index in [2.05, 4.69) is 5.32 Å². The number of rotatable bonds is 5. The molecule has 1 aliphatic rings. The fourth-order valence-corrected chi connectivity index (χ4v) is 2.76.